The van der Waals surface area contributed by atoms with Gasteiger partial charge in [0.05, 0.1) is 6.04 Å². The van der Waals surface area contributed by atoms with Gasteiger partial charge in [0, 0.05) is 0 Å². The maximum absolute atomic E-state index is 12.1. The normalized spacial score (nSPS) is 14.2. The molecule has 2 aromatic carbocycles. The third-order valence-electron chi connectivity index (χ3n) is 2.72. The molecule has 4 heteroatoms. The molecule has 0 heterocycles. The van der Waals surface area contributed by atoms with Gasteiger partial charge < -0.3 is 0 Å². The van der Waals surface area contributed by atoms with Crippen molar-refractivity contribution in [2.45, 2.75) is 19.1 Å². The van der Waals surface area contributed by atoms with E-state index in [1.165, 1.54) is 0 Å². The number of fused-ring (bicyclic) bond motifs is 1. The average molecular weight is 251 g/mol. The van der Waals surface area contributed by atoms with Crippen molar-refractivity contribution >= 4 is 17.0 Å². The van der Waals surface area contributed by atoms with Crippen LogP contribution in [0.2, 0.25) is 0 Å². The minimum absolute atomic E-state index is 0.0550. The van der Waals surface area contributed by atoms with Crippen LogP contribution in [0.3, 0.4) is 0 Å². The summed E-state index contributed by atoms with van der Waals surface area (Å²) in [6.45, 7) is 1.66. The predicted molar refractivity (Wildman–Crippen MR) is 66.9 cm³/mol. The molecule has 0 aliphatic carbocycles. The Morgan fingerprint density at radius 2 is 1.72 bits per heavy atom. The van der Waals surface area contributed by atoms with Crippen LogP contribution < -0.4 is 0 Å². The molecule has 0 N–H and O–H groups in total. The van der Waals surface area contributed by atoms with Crippen LogP contribution in [-0.4, -0.2) is 12.4 Å². The van der Waals surface area contributed by atoms with E-state index in [4.69, 9.17) is 0 Å². The Kier molecular flexibility index (Phi) is 3.36. The summed E-state index contributed by atoms with van der Waals surface area (Å²) < 4.78 is 36.3. The second-order valence-electron chi connectivity index (χ2n) is 4.06. The summed E-state index contributed by atoms with van der Waals surface area (Å²) in [5.74, 6) is 0. The molecule has 1 atom stereocenters. The molecule has 2 aromatic rings. The summed E-state index contributed by atoms with van der Waals surface area (Å²) in [6.07, 6.45) is -4.31. The number of hydrogen-bond acceptors (Lipinski definition) is 1. The number of halogens is 3. The van der Waals surface area contributed by atoms with Crippen LogP contribution in [-0.2, 0) is 0 Å². The van der Waals surface area contributed by atoms with E-state index >= 15 is 0 Å². The van der Waals surface area contributed by atoms with Gasteiger partial charge in [0.2, 0.25) is 0 Å². The van der Waals surface area contributed by atoms with Crippen molar-refractivity contribution in [3.63, 3.8) is 0 Å². The Labute approximate surface area is 103 Å². The van der Waals surface area contributed by atoms with E-state index in [1.54, 1.807) is 13.0 Å². The number of nitrogens with zero attached hydrogens (tertiary/aromatic N) is 1. The Balaban J connectivity index is 2.39. The largest absolute Gasteiger partial charge is 0.426 e. The zero-order chi connectivity index (χ0) is 13.2. The van der Waals surface area contributed by atoms with Gasteiger partial charge in [-0.3, -0.25) is 4.99 Å². The lowest BCUT2D eigenvalue weighted by atomic mass is 10.0. The molecule has 0 spiro atoms. The molecule has 0 amide bonds. The van der Waals surface area contributed by atoms with Gasteiger partial charge in [-0.25, -0.2) is 0 Å². The van der Waals surface area contributed by atoms with Crippen molar-refractivity contribution in [2.24, 2.45) is 4.99 Å². The highest BCUT2D eigenvalue weighted by molar-refractivity contribution is 5.86. The zero-order valence-electron chi connectivity index (χ0n) is 9.78. The molecule has 0 aliphatic heterocycles. The molecule has 0 bridgehead atoms. The number of aliphatic imine (C=N–C) groups is 1. The van der Waals surface area contributed by atoms with Gasteiger partial charge in [-0.1, -0.05) is 42.5 Å². The van der Waals surface area contributed by atoms with Crippen LogP contribution in [0.1, 0.15) is 18.5 Å². The van der Waals surface area contributed by atoms with Crippen LogP contribution in [0.25, 0.3) is 10.8 Å². The average Bonchev–Trinajstić information content (AvgIpc) is 2.34. The molecule has 2 rings (SSSR count). The van der Waals surface area contributed by atoms with E-state index in [-0.39, 0.29) is 6.21 Å². The SMILES string of the molecule is C[C@@H](N=CC(F)(F)F)c1cccc2ccccc12. The quantitative estimate of drug-likeness (QED) is 0.695. The summed E-state index contributed by atoms with van der Waals surface area (Å²) in [4.78, 5) is 3.57. The molecular formula is C14H12F3N. The lowest BCUT2D eigenvalue weighted by Crippen LogP contribution is -2.09. The molecule has 1 nitrogen and oxygen atoms in total. The number of benzene rings is 2. The summed E-state index contributed by atoms with van der Waals surface area (Å²) >= 11 is 0. The number of alkyl halides is 3. The van der Waals surface area contributed by atoms with Gasteiger partial charge in [0.15, 0.2) is 0 Å². The summed E-state index contributed by atoms with van der Waals surface area (Å²) in [7, 11) is 0. The molecule has 94 valence electrons. The highest BCUT2D eigenvalue weighted by Crippen LogP contribution is 2.26. The van der Waals surface area contributed by atoms with Gasteiger partial charge in [-0.15, -0.1) is 0 Å². The van der Waals surface area contributed by atoms with Crippen LogP contribution in [0.15, 0.2) is 47.5 Å². The first kappa shape index (κ1) is 12.6. The third kappa shape index (κ3) is 2.88. The third-order valence-corrected chi connectivity index (χ3v) is 2.72. The zero-order valence-corrected chi connectivity index (χ0v) is 9.78. The van der Waals surface area contributed by atoms with Crippen LogP contribution in [0.5, 0.6) is 0 Å². The number of hydrogen-bond donors (Lipinski definition) is 0. The van der Waals surface area contributed by atoms with Crippen molar-refractivity contribution in [3.05, 3.63) is 48.0 Å². The molecule has 0 radical (unpaired) electrons. The summed E-state index contributed by atoms with van der Waals surface area (Å²) in [5.41, 5.74) is 0.800. The summed E-state index contributed by atoms with van der Waals surface area (Å²) in [6, 6.07) is 12.6. The smallest absolute Gasteiger partial charge is 0.280 e. The Bertz CT molecular complexity index is 567. The van der Waals surface area contributed by atoms with Gasteiger partial charge in [0.1, 0.15) is 6.21 Å². The first-order valence-corrected chi connectivity index (χ1v) is 5.56. The fraction of sp³-hybridized carbons (Fsp3) is 0.214. The van der Waals surface area contributed by atoms with Crippen LogP contribution >= 0.6 is 0 Å². The summed E-state index contributed by atoms with van der Waals surface area (Å²) in [5, 5.41) is 1.94. The van der Waals surface area contributed by atoms with Crippen LogP contribution in [0, 0.1) is 0 Å². The van der Waals surface area contributed by atoms with E-state index in [9.17, 15) is 13.2 Å². The molecule has 0 aromatic heterocycles. The van der Waals surface area contributed by atoms with Crippen molar-refractivity contribution in [3.8, 4) is 0 Å². The topological polar surface area (TPSA) is 12.4 Å². The van der Waals surface area contributed by atoms with Gasteiger partial charge in [-0.05, 0) is 23.3 Å². The molecule has 0 fully saturated rings. The second kappa shape index (κ2) is 4.80. The Morgan fingerprint density at radius 3 is 2.44 bits per heavy atom. The number of rotatable bonds is 2. The lowest BCUT2D eigenvalue weighted by Gasteiger charge is -2.11. The van der Waals surface area contributed by atoms with Gasteiger partial charge in [0.25, 0.3) is 0 Å². The first-order chi connectivity index (χ1) is 8.47. The minimum atomic E-state index is -4.36. The maximum Gasteiger partial charge on any atom is 0.426 e. The predicted octanol–water partition coefficient (Wildman–Crippen LogP) is 4.53. The second-order valence-corrected chi connectivity index (χ2v) is 4.06. The molecule has 0 saturated carbocycles. The molecule has 0 unspecified atom stereocenters. The Hall–Kier alpha value is -1.84. The highest BCUT2D eigenvalue weighted by Gasteiger charge is 2.24. The van der Waals surface area contributed by atoms with Gasteiger partial charge in [-0.2, -0.15) is 13.2 Å². The van der Waals surface area contributed by atoms with E-state index in [0.717, 1.165) is 16.3 Å². The Morgan fingerprint density at radius 1 is 1.06 bits per heavy atom. The monoisotopic (exact) mass is 251 g/mol. The maximum atomic E-state index is 12.1. The van der Waals surface area contributed by atoms with Crippen molar-refractivity contribution < 1.29 is 13.2 Å². The van der Waals surface area contributed by atoms with E-state index in [2.05, 4.69) is 4.99 Å². The van der Waals surface area contributed by atoms with E-state index in [0.29, 0.717) is 0 Å². The standard InChI is InChI=1S/C14H12F3N/c1-10(18-9-14(15,16)17)12-8-4-6-11-5-2-3-7-13(11)12/h2-10H,1H3/t10-/m1/s1. The first-order valence-electron chi connectivity index (χ1n) is 5.56. The highest BCUT2D eigenvalue weighted by atomic mass is 19.4. The van der Waals surface area contributed by atoms with Crippen molar-refractivity contribution in [2.75, 3.05) is 0 Å². The lowest BCUT2D eigenvalue weighted by molar-refractivity contribution is -0.0538. The fourth-order valence-electron chi connectivity index (χ4n) is 1.89. The van der Waals surface area contributed by atoms with Crippen molar-refractivity contribution in [1.29, 1.82) is 0 Å². The fourth-order valence-corrected chi connectivity index (χ4v) is 1.89. The van der Waals surface area contributed by atoms with E-state index in [1.807, 2.05) is 36.4 Å². The van der Waals surface area contributed by atoms with Crippen molar-refractivity contribution in [1.82, 2.24) is 0 Å². The molecule has 18 heavy (non-hydrogen) atoms. The van der Waals surface area contributed by atoms with E-state index < -0.39 is 12.2 Å². The molecular weight excluding hydrogens is 239 g/mol. The van der Waals surface area contributed by atoms with Gasteiger partial charge >= 0.3 is 6.18 Å². The minimum Gasteiger partial charge on any atom is -0.280 e. The molecule has 0 saturated heterocycles. The van der Waals surface area contributed by atoms with Crippen LogP contribution in [0.4, 0.5) is 13.2 Å². The molecule has 0 aliphatic rings.